The van der Waals surface area contributed by atoms with Crippen molar-refractivity contribution in [3.63, 3.8) is 0 Å². The van der Waals surface area contributed by atoms with E-state index >= 15 is 0 Å². The van der Waals surface area contributed by atoms with E-state index in [2.05, 4.69) is 5.16 Å². The molecule has 8 nitrogen and oxygen atoms in total. The van der Waals surface area contributed by atoms with E-state index in [9.17, 15) is 14.7 Å². The maximum Gasteiger partial charge on any atom is 0.313 e. The summed E-state index contributed by atoms with van der Waals surface area (Å²) in [5, 5.41) is 13.3. The molecule has 0 radical (unpaired) electrons. The van der Waals surface area contributed by atoms with Crippen molar-refractivity contribution < 1.29 is 28.4 Å². The van der Waals surface area contributed by atoms with E-state index in [-0.39, 0.29) is 24.8 Å². The molecule has 0 bridgehead atoms. The molecule has 1 saturated heterocycles. The molecule has 0 aromatic carbocycles. The summed E-state index contributed by atoms with van der Waals surface area (Å²) >= 11 is 0. The molecule has 1 amide bonds. The van der Waals surface area contributed by atoms with E-state index in [1.165, 1.54) is 24.3 Å². The van der Waals surface area contributed by atoms with Crippen molar-refractivity contribution in [3.05, 3.63) is 30.2 Å². The number of carbonyl (C=O) groups is 2. The van der Waals surface area contributed by atoms with E-state index < -0.39 is 11.4 Å². The first kappa shape index (κ1) is 16.3. The van der Waals surface area contributed by atoms with E-state index in [4.69, 9.17) is 13.7 Å². The lowest BCUT2D eigenvalue weighted by atomic mass is 9.80. The molecule has 3 heterocycles. The molecule has 0 saturated carbocycles. The van der Waals surface area contributed by atoms with Crippen molar-refractivity contribution in [2.75, 3.05) is 26.8 Å². The number of carboxylic acids is 1. The first-order valence-corrected chi connectivity index (χ1v) is 7.58. The highest BCUT2D eigenvalue weighted by molar-refractivity contribution is 5.93. The van der Waals surface area contributed by atoms with Crippen LogP contribution in [-0.2, 0) is 9.53 Å². The molecule has 2 aromatic heterocycles. The second kappa shape index (κ2) is 6.48. The highest BCUT2D eigenvalue weighted by Gasteiger charge is 2.44. The van der Waals surface area contributed by atoms with Crippen molar-refractivity contribution in [2.45, 2.75) is 12.8 Å². The Balaban J connectivity index is 1.78. The molecule has 1 fully saturated rings. The molecule has 1 aliphatic rings. The molecule has 8 heteroatoms. The topological polar surface area (TPSA) is 106 Å². The van der Waals surface area contributed by atoms with Crippen LogP contribution >= 0.6 is 0 Å². The van der Waals surface area contributed by atoms with Gasteiger partial charge in [-0.3, -0.25) is 9.59 Å². The maximum absolute atomic E-state index is 12.6. The summed E-state index contributed by atoms with van der Waals surface area (Å²) in [6.07, 6.45) is 2.55. The maximum atomic E-state index is 12.6. The summed E-state index contributed by atoms with van der Waals surface area (Å²) in [5.41, 5.74) is -0.962. The van der Waals surface area contributed by atoms with Gasteiger partial charge in [0.25, 0.3) is 5.91 Å². The third-order valence-corrected chi connectivity index (χ3v) is 4.23. The Kier molecular flexibility index (Phi) is 4.39. The summed E-state index contributed by atoms with van der Waals surface area (Å²) in [4.78, 5) is 25.8. The number of likely N-dealkylation sites (tertiary alicyclic amines) is 1. The lowest BCUT2D eigenvalue weighted by Crippen LogP contribution is -2.52. The minimum absolute atomic E-state index is 0.0581. The van der Waals surface area contributed by atoms with Gasteiger partial charge in [0.15, 0.2) is 11.5 Å². The molecule has 1 aliphatic heterocycles. The second-order valence-electron chi connectivity index (χ2n) is 5.90. The minimum atomic E-state index is -1.09. The number of aliphatic carboxylic acids is 1. The first-order valence-electron chi connectivity index (χ1n) is 7.58. The number of aromatic nitrogens is 1. The molecule has 0 spiro atoms. The fraction of sp³-hybridized carbons (Fsp3) is 0.438. The lowest BCUT2D eigenvalue weighted by Gasteiger charge is -2.39. The molecule has 128 valence electrons. The van der Waals surface area contributed by atoms with Gasteiger partial charge in [0.2, 0.25) is 5.76 Å². The van der Waals surface area contributed by atoms with Crippen LogP contribution in [0.3, 0.4) is 0 Å². The second-order valence-corrected chi connectivity index (χ2v) is 5.90. The van der Waals surface area contributed by atoms with E-state index in [1.54, 1.807) is 12.1 Å². The SMILES string of the molecule is COCC1(C(=O)O)CCCN(C(=O)c2cc(-c3ccco3)on2)C1. The monoisotopic (exact) mass is 334 g/mol. The zero-order valence-corrected chi connectivity index (χ0v) is 13.2. The summed E-state index contributed by atoms with van der Waals surface area (Å²) in [7, 11) is 1.46. The standard InChI is InChI=1S/C16H18N2O6/c1-22-10-16(15(20)21)5-3-6-18(9-16)14(19)11-8-13(24-17-11)12-4-2-7-23-12/h2,4,7-8H,3,5-6,9-10H2,1H3,(H,20,21). The summed E-state index contributed by atoms with van der Waals surface area (Å²) in [6, 6.07) is 4.90. The molecule has 3 rings (SSSR count). The van der Waals surface area contributed by atoms with Crippen molar-refractivity contribution >= 4 is 11.9 Å². The van der Waals surface area contributed by atoms with Crippen LogP contribution in [0.5, 0.6) is 0 Å². The van der Waals surface area contributed by atoms with Crippen molar-refractivity contribution in [1.29, 1.82) is 0 Å². The van der Waals surface area contributed by atoms with Gasteiger partial charge in [-0.2, -0.15) is 0 Å². The van der Waals surface area contributed by atoms with Gasteiger partial charge in [-0.25, -0.2) is 0 Å². The summed E-state index contributed by atoms with van der Waals surface area (Å²) in [5.74, 6) is -0.502. The Bertz CT molecular complexity index is 719. The van der Waals surface area contributed by atoms with Crippen molar-refractivity contribution in [3.8, 4) is 11.5 Å². The Morgan fingerprint density at radius 3 is 2.96 bits per heavy atom. The number of piperidine rings is 1. The Morgan fingerprint density at radius 2 is 2.29 bits per heavy atom. The number of nitrogens with zero attached hydrogens (tertiary/aromatic N) is 2. The molecule has 1 atom stereocenters. The molecule has 2 aromatic rings. The number of ether oxygens (including phenoxy) is 1. The molecular formula is C16H18N2O6. The van der Waals surface area contributed by atoms with Crippen LogP contribution in [0, 0.1) is 5.41 Å². The molecular weight excluding hydrogens is 316 g/mol. The summed E-state index contributed by atoms with van der Waals surface area (Å²) < 4.78 is 15.4. The third kappa shape index (κ3) is 2.92. The average Bonchev–Trinajstić information content (AvgIpc) is 3.25. The fourth-order valence-corrected chi connectivity index (χ4v) is 3.01. The first-order chi connectivity index (χ1) is 11.6. The third-order valence-electron chi connectivity index (χ3n) is 4.23. The summed E-state index contributed by atoms with van der Waals surface area (Å²) in [6.45, 7) is 0.612. The van der Waals surface area contributed by atoms with Gasteiger partial charge in [-0.15, -0.1) is 0 Å². The van der Waals surface area contributed by atoms with Crippen LogP contribution in [0.1, 0.15) is 23.3 Å². The van der Waals surface area contributed by atoms with Gasteiger partial charge in [-0.05, 0) is 25.0 Å². The number of carboxylic acid groups (broad SMARTS) is 1. The van der Waals surface area contributed by atoms with Gasteiger partial charge in [0, 0.05) is 26.3 Å². The number of rotatable bonds is 5. The zero-order valence-electron chi connectivity index (χ0n) is 13.2. The highest BCUT2D eigenvalue weighted by atomic mass is 16.5. The Hall–Kier alpha value is -2.61. The number of carbonyl (C=O) groups excluding carboxylic acids is 1. The van der Waals surface area contributed by atoms with Crippen LogP contribution in [0.4, 0.5) is 0 Å². The number of methoxy groups -OCH3 is 1. The van der Waals surface area contributed by atoms with Crippen LogP contribution in [-0.4, -0.2) is 53.8 Å². The highest BCUT2D eigenvalue weighted by Crippen LogP contribution is 2.32. The fourth-order valence-electron chi connectivity index (χ4n) is 3.01. The van der Waals surface area contributed by atoms with Gasteiger partial charge < -0.3 is 23.7 Å². The Labute approximate surface area is 138 Å². The molecule has 24 heavy (non-hydrogen) atoms. The van der Waals surface area contributed by atoms with Crippen LogP contribution in [0.25, 0.3) is 11.5 Å². The van der Waals surface area contributed by atoms with Gasteiger partial charge in [0.1, 0.15) is 5.41 Å². The Morgan fingerprint density at radius 1 is 1.46 bits per heavy atom. The predicted octanol–water partition coefficient (Wildman–Crippen LogP) is 1.89. The van der Waals surface area contributed by atoms with E-state index in [1.807, 2.05) is 0 Å². The number of hydrogen-bond donors (Lipinski definition) is 1. The number of furan rings is 1. The minimum Gasteiger partial charge on any atom is -0.481 e. The lowest BCUT2D eigenvalue weighted by molar-refractivity contribution is -0.155. The van der Waals surface area contributed by atoms with Crippen molar-refractivity contribution in [1.82, 2.24) is 10.1 Å². The molecule has 1 N–H and O–H groups in total. The van der Waals surface area contributed by atoms with Crippen LogP contribution < -0.4 is 0 Å². The largest absolute Gasteiger partial charge is 0.481 e. The van der Waals surface area contributed by atoms with Crippen molar-refractivity contribution in [2.24, 2.45) is 5.41 Å². The molecule has 0 aliphatic carbocycles. The van der Waals surface area contributed by atoms with E-state index in [0.717, 1.165) is 0 Å². The number of hydrogen-bond acceptors (Lipinski definition) is 6. The van der Waals surface area contributed by atoms with Gasteiger partial charge in [0.05, 0.1) is 12.9 Å². The average molecular weight is 334 g/mol. The van der Waals surface area contributed by atoms with Crippen LogP contribution in [0.15, 0.2) is 33.4 Å². The quantitative estimate of drug-likeness (QED) is 0.890. The zero-order chi connectivity index (χ0) is 17.2. The van der Waals surface area contributed by atoms with Crippen LogP contribution in [0.2, 0.25) is 0 Å². The smallest absolute Gasteiger partial charge is 0.313 e. The number of amides is 1. The normalized spacial score (nSPS) is 21.0. The van der Waals surface area contributed by atoms with E-state index in [0.29, 0.717) is 30.9 Å². The van der Waals surface area contributed by atoms with Gasteiger partial charge in [-0.1, -0.05) is 5.16 Å². The molecule has 1 unspecified atom stereocenters. The van der Waals surface area contributed by atoms with Gasteiger partial charge >= 0.3 is 5.97 Å². The predicted molar refractivity (Wildman–Crippen MR) is 81.3 cm³/mol.